The van der Waals surface area contributed by atoms with E-state index in [1.165, 1.54) is 0 Å². The van der Waals surface area contributed by atoms with Crippen molar-refractivity contribution >= 4 is 11.9 Å². The summed E-state index contributed by atoms with van der Waals surface area (Å²) in [5.41, 5.74) is 7.33. The molecule has 0 aliphatic carbocycles. The number of nitrogens with zero attached hydrogens (tertiary/aromatic N) is 1. The minimum absolute atomic E-state index is 0.315. The molecule has 3 amide bonds. The summed E-state index contributed by atoms with van der Waals surface area (Å²) in [6.45, 7) is 1.96. The number of hydrogen-bond donors (Lipinski definition) is 3. The average Bonchev–Trinajstić information content (AvgIpc) is 2.55. The summed E-state index contributed by atoms with van der Waals surface area (Å²) in [6.07, 6.45) is 0. The van der Waals surface area contributed by atoms with Gasteiger partial charge >= 0.3 is 6.03 Å². The number of urea groups is 1. The van der Waals surface area contributed by atoms with Crippen LogP contribution in [0.1, 0.15) is 18.1 Å². The smallest absolute Gasteiger partial charge is 0.320 e. The lowest BCUT2D eigenvalue weighted by Crippen LogP contribution is -2.40. The molecule has 0 radical (unpaired) electrons. The lowest BCUT2D eigenvalue weighted by Gasteiger charge is -2.21. The van der Waals surface area contributed by atoms with E-state index < -0.39 is 11.6 Å². The molecule has 1 saturated heterocycles. The molecule has 0 unspecified atom stereocenters. The Kier molecular flexibility index (Phi) is 2.63. The van der Waals surface area contributed by atoms with Gasteiger partial charge in [0.1, 0.15) is 5.54 Å². The first-order chi connectivity index (χ1) is 8.06. The van der Waals surface area contributed by atoms with Gasteiger partial charge in [0, 0.05) is 0 Å². The Balaban J connectivity index is 2.30. The Morgan fingerprint density at radius 3 is 2.41 bits per heavy atom. The second-order valence-corrected chi connectivity index (χ2v) is 4.05. The number of amides is 3. The second kappa shape index (κ2) is 3.97. The number of rotatable bonds is 3. The van der Waals surface area contributed by atoms with Crippen molar-refractivity contribution in [3.8, 4) is 0 Å². The molecule has 6 heteroatoms. The summed E-state index contributed by atoms with van der Waals surface area (Å²) in [5.74, 6) is -0.361. The maximum atomic E-state index is 11.7. The Bertz CT molecular complexity index is 483. The monoisotopic (exact) mass is 232 g/mol. The van der Waals surface area contributed by atoms with Gasteiger partial charge in [0.25, 0.3) is 5.91 Å². The first-order valence-corrected chi connectivity index (χ1v) is 5.12. The molecule has 1 aliphatic heterocycles. The highest BCUT2D eigenvalue weighted by molar-refractivity contribution is 6.07. The van der Waals surface area contributed by atoms with Crippen LogP contribution in [0.3, 0.4) is 0 Å². The van der Waals surface area contributed by atoms with Crippen molar-refractivity contribution in [1.82, 2.24) is 10.6 Å². The molecule has 1 heterocycles. The number of carbonyl (C=O) groups is 2. The van der Waals surface area contributed by atoms with Crippen LogP contribution in [0.25, 0.3) is 0 Å². The highest BCUT2D eigenvalue weighted by Crippen LogP contribution is 2.24. The molecule has 1 atom stereocenters. The summed E-state index contributed by atoms with van der Waals surface area (Å²) in [6, 6.07) is 6.60. The van der Waals surface area contributed by atoms with Crippen LogP contribution in [-0.4, -0.2) is 11.9 Å². The summed E-state index contributed by atoms with van der Waals surface area (Å²) >= 11 is 0. The zero-order valence-corrected chi connectivity index (χ0v) is 9.28. The number of benzene rings is 1. The first-order valence-electron chi connectivity index (χ1n) is 5.12. The normalized spacial score (nSPS) is 23.1. The van der Waals surface area contributed by atoms with E-state index in [9.17, 15) is 9.59 Å². The number of nitrogens with one attached hydrogen (secondary N) is 3. The van der Waals surface area contributed by atoms with E-state index in [1.807, 2.05) is 0 Å². The third kappa shape index (κ3) is 1.89. The van der Waals surface area contributed by atoms with Gasteiger partial charge in [-0.25, -0.2) is 10.3 Å². The second-order valence-electron chi connectivity index (χ2n) is 4.05. The van der Waals surface area contributed by atoms with Crippen molar-refractivity contribution in [1.29, 1.82) is 5.53 Å². The molecule has 1 fully saturated rings. The summed E-state index contributed by atoms with van der Waals surface area (Å²) in [7, 11) is 0. The molecule has 88 valence electrons. The molecular weight excluding hydrogens is 220 g/mol. The maximum Gasteiger partial charge on any atom is 0.322 e. The van der Waals surface area contributed by atoms with E-state index in [-0.39, 0.29) is 5.91 Å². The number of imide groups is 1. The van der Waals surface area contributed by atoms with Gasteiger partial charge in [0.2, 0.25) is 0 Å². The highest BCUT2D eigenvalue weighted by atomic mass is 16.2. The Hall–Kier alpha value is -2.24. The maximum absolute atomic E-state index is 11.7. The van der Waals surface area contributed by atoms with Crippen LogP contribution in [0.5, 0.6) is 0 Å². The van der Waals surface area contributed by atoms with Crippen LogP contribution < -0.4 is 10.6 Å². The molecule has 2 rings (SSSR count). The lowest BCUT2D eigenvalue weighted by molar-refractivity contribution is -0.123. The van der Waals surface area contributed by atoms with Crippen molar-refractivity contribution in [2.24, 2.45) is 5.11 Å². The van der Waals surface area contributed by atoms with Gasteiger partial charge in [-0.05, 0) is 18.1 Å². The largest absolute Gasteiger partial charge is 0.322 e. The zero-order chi connectivity index (χ0) is 12.5. The van der Waals surface area contributed by atoms with Crippen LogP contribution in [0.2, 0.25) is 0 Å². The molecule has 0 bridgehead atoms. The topological polar surface area (TPSA) is 94.4 Å². The lowest BCUT2D eigenvalue weighted by atomic mass is 9.91. The van der Waals surface area contributed by atoms with Gasteiger partial charge in [-0.1, -0.05) is 24.3 Å². The quantitative estimate of drug-likeness (QED) is 0.540. The molecule has 6 nitrogen and oxygen atoms in total. The van der Waals surface area contributed by atoms with E-state index in [0.717, 1.165) is 5.56 Å². The predicted octanol–water partition coefficient (Wildman–Crippen LogP) is 1.27. The standard InChI is InChI=1S/C11H12N4O2/c1-11(9(16)14-10(17)15-11)8-4-2-7(3-5-8)6-13-12/h2-5,12H,6H2,1H3,(H2,14,15,16,17)/t11-/m0/s1. The van der Waals surface area contributed by atoms with Gasteiger partial charge in [-0.15, -0.1) is 0 Å². The summed E-state index contributed by atoms with van der Waals surface area (Å²) < 4.78 is 0. The van der Waals surface area contributed by atoms with Crippen LogP contribution in [0.15, 0.2) is 29.4 Å². The Morgan fingerprint density at radius 2 is 1.94 bits per heavy atom. The van der Waals surface area contributed by atoms with E-state index in [1.54, 1.807) is 31.2 Å². The van der Waals surface area contributed by atoms with Gasteiger partial charge in [-0.3, -0.25) is 10.1 Å². The van der Waals surface area contributed by atoms with E-state index in [4.69, 9.17) is 5.53 Å². The van der Waals surface area contributed by atoms with Crippen LogP contribution in [0, 0.1) is 5.53 Å². The van der Waals surface area contributed by atoms with Crippen molar-refractivity contribution in [2.45, 2.75) is 19.0 Å². The molecule has 0 aromatic heterocycles. The van der Waals surface area contributed by atoms with Crippen molar-refractivity contribution in [3.63, 3.8) is 0 Å². The minimum Gasteiger partial charge on any atom is -0.320 e. The van der Waals surface area contributed by atoms with E-state index >= 15 is 0 Å². The Morgan fingerprint density at radius 1 is 1.29 bits per heavy atom. The third-order valence-electron chi connectivity index (χ3n) is 2.84. The molecule has 1 aromatic rings. The first kappa shape index (κ1) is 11.3. The number of carbonyl (C=O) groups excluding carboxylic acids is 2. The van der Waals surface area contributed by atoms with Gasteiger partial charge < -0.3 is 5.32 Å². The zero-order valence-electron chi connectivity index (χ0n) is 9.28. The summed E-state index contributed by atoms with van der Waals surface area (Å²) in [4.78, 5) is 22.8. The fraction of sp³-hybridized carbons (Fsp3) is 0.273. The molecule has 3 N–H and O–H groups in total. The molecular formula is C11H12N4O2. The third-order valence-corrected chi connectivity index (χ3v) is 2.84. The SMILES string of the molecule is C[C@@]1(c2ccc(CN=N)cc2)NC(=O)NC1=O. The minimum atomic E-state index is -1.02. The van der Waals surface area contributed by atoms with Crippen molar-refractivity contribution < 1.29 is 9.59 Å². The van der Waals surface area contributed by atoms with Gasteiger partial charge in [0.05, 0.1) is 6.54 Å². The predicted molar refractivity (Wildman–Crippen MR) is 59.3 cm³/mol. The Labute approximate surface area is 97.9 Å². The van der Waals surface area contributed by atoms with Crippen LogP contribution in [-0.2, 0) is 16.9 Å². The highest BCUT2D eigenvalue weighted by Gasteiger charge is 2.43. The molecule has 0 saturated carbocycles. The van der Waals surface area contributed by atoms with Crippen LogP contribution in [0.4, 0.5) is 4.79 Å². The van der Waals surface area contributed by atoms with Crippen LogP contribution >= 0.6 is 0 Å². The van der Waals surface area contributed by atoms with E-state index in [0.29, 0.717) is 12.1 Å². The fourth-order valence-corrected chi connectivity index (χ4v) is 1.78. The van der Waals surface area contributed by atoms with Crippen molar-refractivity contribution in [2.75, 3.05) is 0 Å². The van der Waals surface area contributed by atoms with Gasteiger partial charge in [0.15, 0.2) is 0 Å². The van der Waals surface area contributed by atoms with Crippen molar-refractivity contribution in [3.05, 3.63) is 35.4 Å². The fourth-order valence-electron chi connectivity index (χ4n) is 1.78. The summed E-state index contributed by atoms with van der Waals surface area (Å²) in [5, 5.41) is 8.07. The molecule has 1 aromatic carbocycles. The molecule has 0 spiro atoms. The average molecular weight is 232 g/mol. The number of hydrogen-bond acceptors (Lipinski definition) is 4. The van der Waals surface area contributed by atoms with E-state index in [2.05, 4.69) is 15.7 Å². The molecule has 1 aliphatic rings. The molecule has 17 heavy (non-hydrogen) atoms. The van der Waals surface area contributed by atoms with Gasteiger partial charge in [-0.2, -0.15) is 5.11 Å².